The van der Waals surface area contributed by atoms with E-state index in [4.69, 9.17) is 0 Å². The highest BCUT2D eigenvalue weighted by atomic mass is 19.1. The number of rotatable bonds is 7. The summed E-state index contributed by atoms with van der Waals surface area (Å²) in [6.07, 6.45) is 3.75. The lowest BCUT2D eigenvalue weighted by Gasteiger charge is -2.24. The molecule has 1 aromatic rings. The summed E-state index contributed by atoms with van der Waals surface area (Å²) in [5, 5.41) is 3.47. The molecule has 0 aliphatic carbocycles. The van der Waals surface area contributed by atoms with Gasteiger partial charge in [0.2, 0.25) is 0 Å². The Balaban J connectivity index is 2.67. The van der Waals surface area contributed by atoms with E-state index in [1.807, 2.05) is 0 Å². The molecule has 20 heavy (non-hydrogen) atoms. The van der Waals surface area contributed by atoms with Crippen molar-refractivity contribution in [2.45, 2.75) is 59.4 Å². The molecular formula is C17H27F2N. The van der Waals surface area contributed by atoms with Crippen molar-refractivity contribution in [3.05, 3.63) is 35.4 Å². The van der Waals surface area contributed by atoms with Crippen LogP contribution in [0.1, 0.15) is 52.5 Å². The maximum atomic E-state index is 13.7. The van der Waals surface area contributed by atoms with E-state index in [0.29, 0.717) is 12.0 Å². The van der Waals surface area contributed by atoms with Crippen LogP contribution in [0.4, 0.5) is 8.78 Å². The van der Waals surface area contributed by atoms with Crippen molar-refractivity contribution in [3.8, 4) is 0 Å². The van der Waals surface area contributed by atoms with Crippen LogP contribution < -0.4 is 5.32 Å². The zero-order valence-electron chi connectivity index (χ0n) is 13.1. The smallest absolute Gasteiger partial charge is 0.129 e. The van der Waals surface area contributed by atoms with Crippen molar-refractivity contribution < 1.29 is 8.78 Å². The zero-order valence-corrected chi connectivity index (χ0v) is 13.1. The lowest BCUT2D eigenvalue weighted by molar-refractivity contribution is 0.327. The Bertz CT molecular complexity index is 410. The van der Waals surface area contributed by atoms with Crippen molar-refractivity contribution in [2.24, 2.45) is 5.41 Å². The van der Waals surface area contributed by atoms with E-state index < -0.39 is 11.6 Å². The van der Waals surface area contributed by atoms with Gasteiger partial charge in [-0.1, -0.05) is 33.8 Å². The van der Waals surface area contributed by atoms with E-state index in [2.05, 4.69) is 33.0 Å². The van der Waals surface area contributed by atoms with Crippen molar-refractivity contribution in [2.75, 3.05) is 6.54 Å². The summed E-state index contributed by atoms with van der Waals surface area (Å²) in [6, 6.07) is 4.10. The number of halogens is 2. The van der Waals surface area contributed by atoms with Gasteiger partial charge in [0.25, 0.3) is 0 Å². The summed E-state index contributed by atoms with van der Waals surface area (Å²) in [5.74, 6) is -0.955. The fraction of sp³-hybridized carbons (Fsp3) is 0.647. The quantitative estimate of drug-likeness (QED) is 0.764. The lowest BCUT2D eigenvalue weighted by Crippen LogP contribution is -2.33. The van der Waals surface area contributed by atoms with Crippen LogP contribution in [0.2, 0.25) is 0 Å². The van der Waals surface area contributed by atoms with Crippen molar-refractivity contribution in [1.29, 1.82) is 0 Å². The molecule has 3 heteroatoms. The highest BCUT2D eigenvalue weighted by Gasteiger charge is 2.17. The molecule has 1 rings (SSSR count). The lowest BCUT2D eigenvalue weighted by atomic mass is 9.87. The Hall–Kier alpha value is -0.960. The molecule has 1 aromatic carbocycles. The van der Waals surface area contributed by atoms with Gasteiger partial charge in [0, 0.05) is 12.1 Å². The van der Waals surface area contributed by atoms with Crippen molar-refractivity contribution in [3.63, 3.8) is 0 Å². The van der Waals surface area contributed by atoms with Crippen LogP contribution in [0.5, 0.6) is 0 Å². The monoisotopic (exact) mass is 283 g/mol. The molecule has 0 aliphatic heterocycles. The van der Waals surface area contributed by atoms with Crippen LogP contribution in [0, 0.1) is 17.0 Å². The van der Waals surface area contributed by atoms with E-state index in [-0.39, 0.29) is 11.5 Å². The minimum absolute atomic E-state index is 0.245. The number of nitrogens with one attached hydrogen (secondary N) is 1. The van der Waals surface area contributed by atoms with Crippen LogP contribution in [0.15, 0.2) is 18.2 Å². The molecule has 0 bridgehead atoms. The third-order valence-electron chi connectivity index (χ3n) is 3.41. The molecular weight excluding hydrogens is 256 g/mol. The molecule has 0 saturated carbocycles. The minimum atomic E-state index is -0.515. The van der Waals surface area contributed by atoms with Crippen LogP contribution in [-0.2, 0) is 6.42 Å². The molecule has 0 fully saturated rings. The van der Waals surface area contributed by atoms with E-state index >= 15 is 0 Å². The van der Waals surface area contributed by atoms with E-state index in [1.54, 1.807) is 6.07 Å². The maximum Gasteiger partial charge on any atom is 0.129 e. The maximum absolute atomic E-state index is 13.7. The van der Waals surface area contributed by atoms with Gasteiger partial charge in [0.15, 0.2) is 0 Å². The molecule has 0 radical (unpaired) electrons. The minimum Gasteiger partial charge on any atom is -0.314 e. The first-order valence-corrected chi connectivity index (χ1v) is 7.49. The standard InChI is InChI=1S/C17H27F2N/c1-5-10-20-15(8-9-17(2,3)4)11-13-6-7-14(18)12-16(13)19/h6-7,12,15,20H,5,8-11H2,1-4H3. The van der Waals surface area contributed by atoms with Gasteiger partial charge in [0.05, 0.1) is 0 Å². The first kappa shape index (κ1) is 17.1. The fourth-order valence-electron chi connectivity index (χ4n) is 2.18. The highest BCUT2D eigenvalue weighted by Crippen LogP contribution is 2.23. The summed E-state index contributed by atoms with van der Waals surface area (Å²) < 4.78 is 26.7. The van der Waals surface area contributed by atoms with E-state index in [0.717, 1.165) is 31.9 Å². The van der Waals surface area contributed by atoms with Crippen LogP contribution in [0.3, 0.4) is 0 Å². The first-order chi connectivity index (χ1) is 9.31. The molecule has 0 aromatic heterocycles. The molecule has 0 heterocycles. The topological polar surface area (TPSA) is 12.0 Å². The molecule has 1 atom stereocenters. The first-order valence-electron chi connectivity index (χ1n) is 7.49. The highest BCUT2D eigenvalue weighted by molar-refractivity contribution is 5.19. The van der Waals surface area contributed by atoms with Gasteiger partial charge < -0.3 is 5.32 Å². The van der Waals surface area contributed by atoms with Gasteiger partial charge in [-0.15, -0.1) is 0 Å². The Morgan fingerprint density at radius 3 is 2.45 bits per heavy atom. The second kappa shape index (κ2) is 7.72. The van der Waals surface area contributed by atoms with Crippen molar-refractivity contribution in [1.82, 2.24) is 5.32 Å². The van der Waals surface area contributed by atoms with Gasteiger partial charge in [-0.25, -0.2) is 8.78 Å². The van der Waals surface area contributed by atoms with Gasteiger partial charge >= 0.3 is 0 Å². The molecule has 1 unspecified atom stereocenters. The Labute approximate surface area is 121 Å². The predicted octanol–water partition coefficient (Wildman–Crippen LogP) is 4.70. The molecule has 0 amide bonds. The SMILES string of the molecule is CCCNC(CCC(C)(C)C)Cc1ccc(F)cc1F. The summed E-state index contributed by atoms with van der Waals surface area (Å²) in [4.78, 5) is 0. The zero-order chi connectivity index (χ0) is 15.2. The van der Waals surface area contributed by atoms with E-state index in [1.165, 1.54) is 6.07 Å². The second-order valence-electron chi connectivity index (χ2n) is 6.69. The summed E-state index contributed by atoms with van der Waals surface area (Å²) in [6.45, 7) is 9.68. The third kappa shape index (κ3) is 6.47. The van der Waals surface area contributed by atoms with Crippen LogP contribution >= 0.6 is 0 Å². The number of hydrogen-bond donors (Lipinski definition) is 1. The predicted molar refractivity (Wildman–Crippen MR) is 80.8 cm³/mol. The van der Waals surface area contributed by atoms with Crippen LogP contribution in [-0.4, -0.2) is 12.6 Å². The number of hydrogen-bond acceptors (Lipinski definition) is 1. The molecule has 1 N–H and O–H groups in total. The average Bonchev–Trinajstić information content (AvgIpc) is 2.34. The molecule has 114 valence electrons. The second-order valence-corrected chi connectivity index (χ2v) is 6.69. The third-order valence-corrected chi connectivity index (χ3v) is 3.41. The summed E-state index contributed by atoms with van der Waals surface area (Å²) in [7, 11) is 0. The largest absolute Gasteiger partial charge is 0.314 e. The summed E-state index contributed by atoms with van der Waals surface area (Å²) >= 11 is 0. The number of benzene rings is 1. The fourth-order valence-corrected chi connectivity index (χ4v) is 2.18. The Morgan fingerprint density at radius 2 is 1.90 bits per heavy atom. The van der Waals surface area contributed by atoms with Gasteiger partial charge in [-0.3, -0.25) is 0 Å². The molecule has 1 nitrogen and oxygen atoms in total. The van der Waals surface area contributed by atoms with Gasteiger partial charge in [-0.05, 0) is 49.3 Å². The normalized spacial score (nSPS) is 13.5. The van der Waals surface area contributed by atoms with Crippen molar-refractivity contribution >= 4 is 0 Å². The summed E-state index contributed by atoms with van der Waals surface area (Å²) in [5.41, 5.74) is 0.863. The van der Waals surface area contributed by atoms with E-state index in [9.17, 15) is 8.78 Å². The Kier molecular flexibility index (Phi) is 6.60. The molecule has 0 spiro atoms. The molecule has 0 saturated heterocycles. The van der Waals surface area contributed by atoms with Crippen LogP contribution in [0.25, 0.3) is 0 Å². The molecule has 0 aliphatic rings. The average molecular weight is 283 g/mol. The van der Waals surface area contributed by atoms with Gasteiger partial charge in [-0.2, -0.15) is 0 Å². The van der Waals surface area contributed by atoms with Gasteiger partial charge in [0.1, 0.15) is 11.6 Å². The Morgan fingerprint density at radius 1 is 1.20 bits per heavy atom.